The Morgan fingerprint density at radius 2 is 2.00 bits per heavy atom. The highest BCUT2D eigenvalue weighted by molar-refractivity contribution is 6.31. The molecule has 1 amide bonds. The van der Waals surface area contributed by atoms with Crippen LogP contribution in [-0.2, 0) is 11.8 Å². The van der Waals surface area contributed by atoms with Crippen LogP contribution < -0.4 is 10.9 Å². The molecule has 0 spiro atoms. The zero-order valence-electron chi connectivity index (χ0n) is 25.8. The first kappa shape index (κ1) is 24.8. The first-order chi connectivity index (χ1) is 21.9. The molecule has 1 N–H and O–H groups in total. The van der Waals surface area contributed by atoms with E-state index in [1.165, 1.54) is 27.8 Å². The largest absolute Gasteiger partial charge is 0.323 e. The van der Waals surface area contributed by atoms with Gasteiger partial charge in [0.05, 0.1) is 47.5 Å². The fourth-order valence-electron chi connectivity index (χ4n) is 5.28. The highest BCUT2D eigenvalue weighted by Gasteiger charge is 2.24. The third kappa shape index (κ3) is 5.57. The minimum atomic E-state index is -2.81. The lowest BCUT2D eigenvalue weighted by Crippen LogP contribution is -2.26. The molecule has 1 aliphatic rings. The molecule has 13 heteroatoms. The lowest BCUT2D eigenvalue weighted by atomic mass is 9.94. The smallest absolute Gasteiger partial charge is 0.283 e. The molecule has 0 saturated heterocycles. The summed E-state index contributed by atoms with van der Waals surface area (Å²) in [5, 5.41) is 14.6. The molecule has 2 atom stereocenters. The summed E-state index contributed by atoms with van der Waals surface area (Å²) in [6.45, 7) is -0.826. The van der Waals surface area contributed by atoms with Crippen molar-refractivity contribution in [3.8, 4) is 28.2 Å². The van der Waals surface area contributed by atoms with Crippen molar-refractivity contribution in [1.82, 2.24) is 34.3 Å². The van der Waals surface area contributed by atoms with E-state index in [1.54, 1.807) is 43.3 Å². The van der Waals surface area contributed by atoms with Crippen molar-refractivity contribution in [2.24, 2.45) is 12.9 Å². The van der Waals surface area contributed by atoms with Gasteiger partial charge in [0, 0.05) is 39.2 Å². The van der Waals surface area contributed by atoms with Gasteiger partial charge in [-0.2, -0.15) is 5.10 Å². The molecule has 5 aromatic rings. The molecule has 2 aromatic carbocycles. The number of carbonyl (C=O) groups is 1. The predicted octanol–water partition coefficient (Wildman–Crippen LogP) is 5.83. The number of carbonyl (C=O) groups excluding carboxylic acids is 1. The number of hydrogen-bond donors (Lipinski definition) is 1. The van der Waals surface area contributed by atoms with E-state index in [1.807, 2.05) is 6.07 Å². The Morgan fingerprint density at radius 1 is 1.14 bits per heavy atom. The zero-order valence-corrected chi connectivity index (χ0v) is 23.5. The van der Waals surface area contributed by atoms with Crippen molar-refractivity contribution in [3.63, 3.8) is 0 Å². The molecule has 4 heterocycles. The van der Waals surface area contributed by atoms with Crippen LogP contribution in [0.25, 0.3) is 28.2 Å². The molecule has 0 radical (unpaired) electrons. The van der Waals surface area contributed by atoms with Gasteiger partial charge in [-0.15, -0.1) is 5.10 Å². The van der Waals surface area contributed by atoms with Gasteiger partial charge in [-0.1, -0.05) is 48.4 Å². The van der Waals surface area contributed by atoms with E-state index in [-0.39, 0.29) is 23.0 Å². The number of amides is 1. The van der Waals surface area contributed by atoms with Crippen molar-refractivity contribution in [2.45, 2.75) is 38.7 Å². The number of aryl methyl sites for hydroxylation is 1. The molecule has 3 aromatic heterocycles. The molecular weight excluding hydrogens is 578 g/mol. The molecular formula is C30H27ClF2N8O2. The summed E-state index contributed by atoms with van der Waals surface area (Å²) in [4.78, 5) is 31.4. The van der Waals surface area contributed by atoms with Crippen molar-refractivity contribution >= 4 is 23.2 Å². The van der Waals surface area contributed by atoms with Gasteiger partial charge < -0.3 is 5.32 Å². The zero-order chi connectivity index (χ0) is 32.7. The second-order valence-electron chi connectivity index (χ2n) is 10.4. The van der Waals surface area contributed by atoms with Crippen LogP contribution in [-0.4, -0.2) is 40.2 Å². The second-order valence-corrected chi connectivity index (χ2v) is 10.8. The minimum absolute atomic E-state index is 0.221. The normalized spacial score (nSPS) is 18.5. The maximum Gasteiger partial charge on any atom is 0.283 e. The third-order valence-corrected chi connectivity index (χ3v) is 7.76. The Labute approximate surface area is 254 Å². The number of fused-ring (bicyclic) bond motifs is 4. The van der Waals surface area contributed by atoms with Crippen LogP contribution in [0.2, 0.25) is 5.02 Å². The molecule has 0 aliphatic carbocycles. The number of nitrogens with one attached hydrogen (secondary N) is 1. The van der Waals surface area contributed by atoms with E-state index < -0.39 is 36.6 Å². The number of alkyl halides is 2. The van der Waals surface area contributed by atoms with E-state index in [2.05, 4.69) is 25.7 Å². The average molecular weight is 608 g/mol. The van der Waals surface area contributed by atoms with Gasteiger partial charge in [0.25, 0.3) is 12.0 Å². The van der Waals surface area contributed by atoms with Crippen LogP contribution in [0.15, 0.2) is 72.0 Å². The van der Waals surface area contributed by atoms with Crippen LogP contribution in [0.5, 0.6) is 0 Å². The summed E-state index contributed by atoms with van der Waals surface area (Å²) < 4.78 is 54.0. The predicted molar refractivity (Wildman–Crippen MR) is 157 cm³/mol. The summed E-state index contributed by atoms with van der Waals surface area (Å²) in [7, 11) is 0. The molecule has 1 aliphatic heterocycles. The number of nitrogens with zero attached hydrogens (tertiary/aromatic N) is 7. The van der Waals surface area contributed by atoms with E-state index in [9.17, 15) is 18.4 Å². The van der Waals surface area contributed by atoms with Gasteiger partial charge in [-0.25, -0.2) is 18.4 Å². The Kier molecular flexibility index (Phi) is 6.66. The third-order valence-electron chi connectivity index (χ3n) is 7.52. The fourth-order valence-corrected chi connectivity index (χ4v) is 5.45. The van der Waals surface area contributed by atoms with Crippen molar-refractivity contribution in [2.75, 3.05) is 5.32 Å². The first-order valence-electron chi connectivity index (χ1n) is 15.0. The first-order valence-corrected chi connectivity index (χ1v) is 13.9. The van der Waals surface area contributed by atoms with E-state index in [4.69, 9.17) is 15.7 Å². The maximum atomic E-state index is 13.8. The Morgan fingerprint density at radius 3 is 2.77 bits per heavy atom. The van der Waals surface area contributed by atoms with Crippen molar-refractivity contribution in [1.29, 1.82) is 0 Å². The van der Waals surface area contributed by atoms with Crippen molar-refractivity contribution < 1.29 is 17.7 Å². The van der Waals surface area contributed by atoms with Crippen LogP contribution in [0.1, 0.15) is 54.0 Å². The minimum Gasteiger partial charge on any atom is -0.323 e. The van der Waals surface area contributed by atoms with Gasteiger partial charge in [-0.3, -0.25) is 18.8 Å². The van der Waals surface area contributed by atoms with Gasteiger partial charge in [0.1, 0.15) is 5.69 Å². The van der Waals surface area contributed by atoms with E-state index in [0.29, 0.717) is 41.1 Å². The van der Waals surface area contributed by atoms with Gasteiger partial charge in [0.15, 0.2) is 0 Å². The Balaban J connectivity index is 1.44. The molecule has 0 unspecified atom stereocenters. The van der Waals surface area contributed by atoms with Crippen LogP contribution >= 0.6 is 11.6 Å². The Hall–Kier alpha value is -4.71. The fraction of sp³-hybridized carbons (Fsp3) is 0.267. The quantitative estimate of drug-likeness (QED) is 0.275. The van der Waals surface area contributed by atoms with Gasteiger partial charge in [0.2, 0.25) is 5.91 Å². The summed E-state index contributed by atoms with van der Waals surface area (Å²) >= 11 is 6.27. The van der Waals surface area contributed by atoms with E-state index in [0.717, 1.165) is 16.4 Å². The Bertz CT molecular complexity index is 1990. The number of halogens is 3. The number of aromatic nitrogens is 7. The molecule has 2 bridgehead atoms. The van der Waals surface area contributed by atoms with Gasteiger partial charge in [-0.05, 0) is 42.7 Å². The number of rotatable bonds is 4. The molecule has 6 rings (SSSR count). The van der Waals surface area contributed by atoms with Gasteiger partial charge >= 0.3 is 0 Å². The summed E-state index contributed by atoms with van der Waals surface area (Å²) in [5.41, 5.74) is 1.79. The summed E-state index contributed by atoms with van der Waals surface area (Å²) in [6, 6.07) is 12.6. The van der Waals surface area contributed by atoms with Crippen molar-refractivity contribution in [3.05, 3.63) is 93.9 Å². The van der Waals surface area contributed by atoms with Crippen LogP contribution in [0, 0.1) is 5.92 Å². The molecule has 220 valence electrons. The maximum absolute atomic E-state index is 13.8. The SMILES string of the molecule is [2H]C([2H])([2H])n1ncc2c1-c1cccc(c1)[C@@H](n1cnc(-c3cc(Cl)ccc3-n3cc(C(F)F)nn3)cc1=O)CCC[C@@H](C)C(=O)N2. The van der Waals surface area contributed by atoms with Crippen LogP contribution in [0.3, 0.4) is 0 Å². The topological polar surface area (TPSA) is 113 Å². The highest BCUT2D eigenvalue weighted by Crippen LogP contribution is 2.34. The number of benzene rings is 2. The molecule has 0 fully saturated rings. The molecule has 10 nitrogen and oxygen atoms in total. The standard InChI is InChI=1S/C30H27ClF2N8O2/c1-17-5-3-8-25(18-6-4-7-19(11-18)28-23(36-30(17)43)14-35-39(28)2)40-16-34-22(13-27(40)42)21-12-20(31)9-10-26(21)41-15-24(29(32)33)37-38-41/h4,6-7,9-17,25,29H,3,5,8H2,1-2H3,(H,36,43)/t17-,25+/m1/s1/i2D3. The molecule has 0 saturated carbocycles. The van der Waals surface area contributed by atoms with Crippen LogP contribution in [0.4, 0.5) is 14.5 Å². The average Bonchev–Trinajstić information content (AvgIpc) is 3.67. The lowest BCUT2D eigenvalue weighted by Gasteiger charge is -2.23. The summed E-state index contributed by atoms with van der Waals surface area (Å²) in [6.07, 6.45) is 2.60. The molecule has 43 heavy (non-hydrogen) atoms. The monoisotopic (exact) mass is 607 g/mol. The summed E-state index contributed by atoms with van der Waals surface area (Å²) in [5.74, 6) is -0.670. The van der Waals surface area contributed by atoms with E-state index >= 15 is 0 Å². The second kappa shape index (κ2) is 11.5. The number of hydrogen-bond acceptors (Lipinski definition) is 6. The number of anilines is 1. The lowest BCUT2D eigenvalue weighted by molar-refractivity contribution is -0.119. The highest BCUT2D eigenvalue weighted by atomic mass is 35.5.